The third-order valence-electron chi connectivity index (χ3n) is 8.68. The van der Waals surface area contributed by atoms with Crippen LogP contribution in [0.2, 0.25) is 0 Å². The first kappa shape index (κ1) is 31.8. The molecule has 2 fully saturated rings. The number of alkyl halides is 2. The number of halogens is 2. The van der Waals surface area contributed by atoms with Gasteiger partial charge in [0.15, 0.2) is 0 Å². The number of anilines is 1. The number of likely N-dealkylation sites (tertiary alicyclic amines) is 1. The van der Waals surface area contributed by atoms with Crippen molar-refractivity contribution in [3.63, 3.8) is 0 Å². The molecule has 0 aliphatic carbocycles. The fraction of sp³-hybridized carbons (Fsp3) is 0.576. The van der Waals surface area contributed by atoms with Crippen molar-refractivity contribution < 1.29 is 27.9 Å². The standard InChI is InChI=1S/C33H43F2N5O4/c1-22-17-38(25(18-37-14-10-13-27(37)41)19-39(22)30(43)44-31(2,3)4)20-28(42)40-21-32(5,6)29-26(40)15-24(16-36-29)33(34,35)23-11-8-7-9-12-23/h7-9,11-12,15-16,22,25H,10,13-14,17-21H2,1-6H3/t22-,25+/m1/s1. The van der Waals surface area contributed by atoms with Gasteiger partial charge in [-0.15, -0.1) is 0 Å². The molecule has 3 aliphatic rings. The van der Waals surface area contributed by atoms with E-state index in [1.807, 2.05) is 46.4 Å². The van der Waals surface area contributed by atoms with Gasteiger partial charge >= 0.3 is 6.09 Å². The zero-order chi connectivity index (χ0) is 32.0. The highest BCUT2D eigenvalue weighted by molar-refractivity contribution is 5.97. The van der Waals surface area contributed by atoms with Gasteiger partial charge in [0.05, 0.1) is 17.9 Å². The van der Waals surface area contributed by atoms with Crippen molar-refractivity contribution in [3.8, 4) is 0 Å². The van der Waals surface area contributed by atoms with E-state index in [4.69, 9.17) is 4.74 Å². The Labute approximate surface area is 258 Å². The summed E-state index contributed by atoms with van der Waals surface area (Å²) in [5.41, 5.74) is -0.628. The van der Waals surface area contributed by atoms with E-state index in [-0.39, 0.29) is 41.6 Å². The molecule has 11 heteroatoms. The number of hydrogen-bond donors (Lipinski definition) is 0. The Balaban J connectivity index is 1.40. The number of carbonyl (C=O) groups is 3. The summed E-state index contributed by atoms with van der Waals surface area (Å²) < 4.78 is 36.8. The quantitative estimate of drug-likeness (QED) is 0.468. The molecule has 0 spiro atoms. The van der Waals surface area contributed by atoms with Crippen LogP contribution in [-0.4, -0.2) is 94.5 Å². The van der Waals surface area contributed by atoms with Crippen LogP contribution >= 0.6 is 0 Å². The number of carbonyl (C=O) groups excluding carboxylic acids is 3. The molecule has 3 amide bonds. The highest BCUT2D eigenvalue weighted by atomic mass is 19.3. The minimum absolute atomic E-state index is 0.00796. The van der Waals surface area contributed by atoms with Crippen molar-refractivity contribution in [1.82, 2.24) is 19.7 Å². The Morgan fingerprint density at radius 3 is 2.43 bits per heavy atom. The lowest BCUT2D eigenvalue weighted by atomic mass is 9.90. The number of pyridine rings is 1. The molecule has 0 bridgehead atoms. The van der Waals surface area contributed by atoms with Crippen molar-refractivity contribution in [2.75, 3.05) is 44.2 Å². The molecule has 3 aliphatic heterocycles. The van der Waals surface area contributed by atoms with Gasteiger partial charge < -0.3 is 19.4 Å². The molecule has 1 aromatic carbocycles. The lowest BCUT2D eigenvalue weighted by molar-refractivity contribution is -0.129. The van der Waals surface area contributed by atoms with E-state index in [0.29, 0.717) is 50.5 Å². The van der Waals surface area contributed by atoms with Crippen LogP contribution in [0.1, 0.15) is 71.2 Å². The fourth-order valence-electron chi connectivity index (χ4n) is 6.41. The lowest BCUT2D eigenvalue weighted by Gasteiger charge is -2.46. The minimum Gasteiger partial charge on any atom is -0.444 e. The maximum absolute atomic E-state index is 15.5. The first-order valence-corrected chi connectivity index (χ1v) is 15.3. The number of piperazine rings is 1. The Hall–Kier alpha value is -3.60. The summed E-state index contributed by atoms with van der Waals surface area (Å²) in [7, 11) is 0. The Morgan fingerprint density at radius 1 is 1.09 bits per heavy atom. The number of nitrogens with zero attached hydrogens (tertiary/aromatic N) is 5. The van der Waals surface area contributed by atoms with Gasteiger partial charge in [0.1, 0.15) is 5.60 Å². The van der Waals surface area contributed by atoms with Crippen molar-refractivity contribution in [1.29, 1.82) is 0 Å². The van der Waals surface area contributed by atoms with Crippen LogP contribution in [0.5, 0.6) is 0 Å². The molecule has 238 valence electrons. The van der Waals surface area contributed by atoms with Crippen LogP contribution in [0, 0.1) is 0 Å². The topological polar surface area (TPSA) is 86.3 Å². The van der Waals surface area contributed by atoms with E-state index in [2.05, 4.69) is 4.98 Å². The highest BCUT2D eigenvalue weighted by Crippen LogP contribution is 2.43. The Kier molecular flexibility index (Phi) is 8.48. The van der Waals surface area contributed by atoms with Crippen molar-refractivity contribution in [2.45, 2.75) is 83.4 Å². The number of ether oxygens (including phenoxy) is 1. The van der Waals surface area contributed by atoms with Gasteiger partial charge in [-0.2, -0.15) is 8.78 Å². The molecule has 0 N–H and O–H groups in total. The molecule has 0 radical (unpaired) electrons. The van der Waals surface area contributed by atoms with E-state index in [1.54, 1.807) is 32.9 Å². The largest absolute Gasteiger partial charge is 0.444 e. The molecule has 2 saturated heterocycles. The van der Waals surface area contributed by atoms with Crippen molar-refractivity contribution in [3.05, 3.63) is 59.4 Å². The molecular weight excluding hydrogens is 568 g/mol. The molecule has 2 aromatic rings. The van der Waals surface area contributed by atoms with Crippen molar-refractivity contribution >= 4 is 23.6 Å². The van der Waals surface area contributed by atoms with Crippen LogP contribution in [0.15, 0.2) is 42.6 Å². The van der Waals surface area contributed by atoms with E-state index in [9.17, 15) is 14.4 Å². The second-order valence-corrected chi connectivity index (χ2v) is 13.9. The first-order valence-electron chi connectivity index (χ1n) is 15.3. The predicted octanol–water partition coefficient (Wildman–Crippen LogP) is 4.78. The maximum Gasteiger partial charge on any atom is 0.410 e. The number of fused-ring (bicyclic) bond motifs is 1. The Morgan fingerprint density at radius 2 is 1.80 bits per heavy atom. The van der Waals surface area contributed by atoms with Gasteiger partial charge in [0, 0.05) is 74.0 Å². The molecule has 9 nitrogen and oxygen atoms in total. The normalized spacial score (nSPS) is 22.4. The van der Waals surface area contributed by atoms with Crippen molar-refractivity contribution in [2.24, 2.45) is 0 Å². The zero-order valence-corrected chi connectivity index (χ0v) is 26.5. The van der Waals surface area contributed by atoms with E-state index < -0.39 is 23.0 Å². The van der Waals surface area contributed by atoms with Gasteiger partial charge in [-0.25, -0.2) is 4.79 Å². The highest BCUT2D eigenvalue weighted by Gasteiger charge is 2.44. The molecular formula is C33H43F2N5O4. The fourth-order valence-corrected chi connectivity index (χ4v) is 6.41. The number of amides is 3. The lowest BCUT2D eigenvalue weighted by Crippen LogP contribution is -2.63. The average molecular weight is 612 g/mol. The molecule has 0 saturated carbocycles. The molecule has 44 heavy (non-hydrogen) atoms. The van der Waals surface area contributed by atoms with Crippen LogP contribution < -0.4 is 4.90 Å². The minimum atomic E-state index is -3.29. The molecule has 5 rings (SSSR count). The number of hydrogen-bond acceptors (Lipinski definition) is 6. The zero-order valence-electron chi connectivity index (χ0n) is 26.5. The van der Waals surface area contributed by atoms with Crippen LogP contribution in [0.25, 0.3) is 0 Å². The Bertz CT molecular complexity index is 1410. The number of rotatable bonds is 6. The second kappa shape index (κ2) is 11.7. The summed E-state index contributed by atoms with van der Waals surface area (Å²) in [4.78, 5) is 51.2. The second-order valence-electron chi connectivity index (χ2n) is 13.9. The van der Waals surface area contributed by atoms with E-state index >= 15 is 8.78 Å². The molecule has 1 aromatic heterocycles. The average Bonchev–Trinajstić information content (AvgIpc) is 3.48. The summed E-state index contributed by atoms with van der Waals surface area (Å²) >= 11 is 0. The molecule has 4 heterocycles. The first-order chi connectivity index (χ1) is 20.6. The number of aromatic nitrogens is 1. The summed E-state index contributed by atoms with van der Waals surface area (Å²) in [6, 6.07) is 8.43. The predicted molar refractivity (Wildman–Crippen MR) is 163 cm³/mol. The van der Waals surface area contributed by atoms with Gasteiger partial charge in [-0.05, 0) is 40.2 Å². The van der Waals surface area contributed by atoms with E-state index in [0.717, 1.165) is 6.42 Å². The third kappa shape index (κ3) is 6.43. The summed E-state index contributed by atoms with van der Waals surface area (Å²) in [5.74, 6) is -3.47. The SMILES string of the molecule is C[C@@H]1CN(CC(=O)N2CC(C)(C)c3ncc(C(F)(F)c4ccccc4)cc32)[C@@H](CN2CCCC2=O)CN1C(=O)OC(C)(C)C. The summed E-state index contributed by atoms with van der Waals surface area (Å²) in [6.07, 6.45) is 2.05. The van der Waals surface area contributed by atoms with Crippen LogP contribution in [0.3, 0.4) is 0 Å². The van der Waals surface area contributed by atoms with Gasteiger partial charge in [0.2, 0.25) is 11.8 Å². The van der Waals surface area contributed by atoms with Crippen LogP contribution in [0.4, 0.5) is 19.3 Å². The van der Waals surface area contributed by atoms with Gasteiger partial charge in [-0.3, -0.25) is 19.5 Å². The molecule has 0 unspecified atom stereocenters. The van der Waals surface area contributed by atoms with Crippen LogP contribution in [-0.2, 0) is 25.7 Å². The third-order valence-corrected chi connectivity index (χ3v) is 8.68. The monoisotopic (exact) mass is 611 g/mol. The van der Waals surface area contributed by atoms with Gasteiger partial charge in [-0.1, -0.05) is 44.2 Å². The molecule has 2 atom stereocenters. The number of benzene rings is 1. The summed E-state index contributed by atoms with van der Waals surface area (Å²) in [5, 5.41) is 0. The van der Waals surface area contributed by atoms with E-state index in [1.165, 1.54) is 24.4 Å². The maximum atomic E-state index is 15.5. The van der Waals surface area contributed by atoms with Gasteiger partial charge in [0.25, 0.3) is 5.92 Å². The smallest absolute Gasteiger partial charge is 0.410 e. The summed E-state index contributed by atoms with van der Waals surface area (Å²) in [6.45, 7) is 13.3.